The molecule has 0 saturated carbocycles. The minimum absolute atomic E-state index is 0.255. The van der Waals surface area contributed by atoms with Crippen molar-refractivity contribution in [2.24, 2.45) is 7.05 Å². The number of aromatic nitrogens is 2. The monoisotopic (exact) mass is 316 g/mol. The number of carbonyl (C=O) groups is 1. The highest BCUT2D eigenvalue weighted by molar-refractivity contribution is 7.88. The van der Waals surface area contributed by atoms with E-state index >= 15 is 0 Å². The second kappa shape index (κ2) is 6.12. The minimum atomic E-state index is -3.49. The molecule has 0 aliphatic carbocycles. The zero-order valence-electron chi connectivity index (χ0n) is 12.4. The zero-order chi connectivity index (χ0) is 15.6. The van der Waals surface area contributed by atoms with Gasteiger partial charge in [-0.15, -0.1) is 0 Å². The lowest BCUT2D eigenvalue weighted by Crippen LogP contribution is -2.48. The van der Waals surface area contributed by atoms with Crippen molar-refractivity contribution < 1.29 is 17.9 Å². The average Bonchev–Trinajstić information content (AvgIpc) is 2.79. The normalized spacial score (nSPS) is 19.3. The molecule has 0 bridgehead atoms. The van der Waals surface area contributed by atoms with Crippen LogP contribution in [0, 0.1) is 0 Å². The van der Waals surface area contributed by atoms with Crippen LogP contribution in [0.3, 0.4) is 0 Å². The Morgan fingerprint density at radius 3 is 2.90 bits per heavy atom. The van der Waals surface area contributed by atoms with Gasteiger partial charge >= 0.3 is 0 Å². The first kappa shape index (κ1) is 15.9. The molecule has 1 atom stereocenters. The third-order valence-electron chi connectivity index (χ3n) is 3.46. The van der Waals surface area contributed by atoms with Crippen LogP contribution in [0.1, 0.15) is 17.4 Å². The van der Waals surface area contributed by atoms with E-state index in [1.165, 1.54) is 11.4 Å². The largest absolute Gasteiger partial charge is 0.383 e. The Bertz CT molecular complexity index is 625. The van der Waals surface area contributed by atoms with Gasteiger partial charge in [0.1, 0.15) is 6.04 Å². The molecule has 2 rings (SSSR count). The Kier molecular flexibility index (Phi) is 4.64. The van der Waals surface area contributed by atoms with E-state index in [9.17, 15) is 13.2 Å². The molecule has 0 spiro atoms. The highest BCUT2D eigenvalue weighted by Gasteiger charge is 2.40. The molecule has 2 heterocycles. The van der Waals surface area contributed by atoms with Crippen molar-refractivity contribution in [3.63, 3.8) is 0 Å². The highest BCUT2D eigenvalue weighted by Crippen LogP contribution is 2.30. The quantitative estimate of drug-likeness (QED) is 0.706. The molecule has 1 aliphatic heterocycles. The number of amides is 1. The molecule has 0 radical (unpaired) electrons. The summed E-state index contributed by atoms with van der Waals surface area (Å²) >= 11 is 0. The maximum absolute atomic E-state index is 12.4. The molecule has 1 N–H and O–H groups in total. The standard InChI is InChI=1S/C12H20N4O4S/c1-15-8-14-9-4-6-16(21(3,18)19)11(10(9)15)12(17)13-5-7-20-2/h8,11H,4-7H2,1-3H3,(H,13,17). The Hall–Kier alpha value is -1.45. The molecule has 1 aromatic heterocycles. The predicted octanol–water partition coefficient (Wildman–Crippen LogP) is -0.958. The first-order chi connectivity index (χ1) is 9.86. The van der Waals surface area contributed by atoms with Crippen molar-refractivity contribution in [3.05, 3.63) is 17.7 Å². The van der Waals surface area contributed by atoms with Crippen LogP contribution >= 0.6 is 0 Å². The minimum Gasteiger partial charge on any atom is -0.383 e. The summed E-state index contributed by atoms with van der Waals surface area (Å²) in [6.45, 7) is 0.956. The summed E-state index contributed by atoms with van der Waals surface area (Å²) in [6.07, 6.45) is 3.22. The Morgan fingerprint density at radius 1 is 1.57 bits per heavy atom. The molecule has 0 saturated heterocycles. The molecule has 1 aliphatic rings. The molecule has 9 heteroatoms. The Balaban J connectivity index is 2.34. The summed E-state index contributed by atoms with van der Waals surface area (Å²) in [5.74, 6) is -0.359. The number of sulfonamides is 1. The van der Waals surface area contributed by atoms with Crippen LogP contribution in [0.5, 0.6) is 0 Å². The molecule has 0 aromatic carbocycles. The van der Waals surface area contributed by atoms with Gasteiger partial charge in [-0.2, -0.15) is 4.31 Å². The maximum Gasteiger partial charge on any atom is 0.244 e. The molecular weight excluding hydrogens is 296 g/mol. The number of methoxy groups -OCH3 is 1. The summed E-state index contributed by atoms with van der Waals surface area (Å²) in [4.78, 5) is 16.7. The number of imidazole rings is 1. The Morgan fingerprint density at radius 2 is 2.29 bits per heavy atom. The van der Waals surface area contributed by atoms with Gasteiger partial charge in [0.25, 0.3) is 0 Å². The lowest BCUT2D eigenvalue weighted by atomic mass is 10.0. The third kappa shape index (κ3) is 3.25. The van der Waals surface area contributed by atoms with Gasteiger partial charge in [0.15, 0.2) is 0 Å². The van der Waals surface area contributed by atoms with E-state index in [0.717, 1.165) is 11.9 Å². The molecule has 1 amide bonds. The molecule has 118 valence electrons. The molecule has 1 unspecified atom stereocenters. The number of hydrogen-bond donors (Lipinski definition) is 1. The highest BCUT2D eigenvalue weighted by atomic mass is 32.2. The number of carbonyl (C=O) groups excluding carboxylic acids is 1. The van der Waals surface area contributed by atoms with Crippen molar-refractivity contribution in [2.75, 3.05) is 33.1 Å². The average molecular weight is 316 g/mol. The molecule has 0 fully saturated rings. The summed E-state index contributed by atoms with van der Waals surface area (Å²) in [5, 5.41) is 2.70. The summed E-state index contributed by atoms with van der Waals surface area (Å²) in [6, 6.07) is -0.881. The van der Waals surface area contributed by atoms with Gasteiger partial charge in [-0.1, -0.05) is 0 Å². The van der Waals surface area contributed by atoms with E-state index in [2.05, 4.69) is 10.3 Å². The maximum atomic E-state index is 12.4. The molecule has 8 nitrogen and oxygen atoms in total. The van der Waals surface area contributed by atoms with Gasteiger partial charge in [-0.3, -0.25) is 4.79 Å². The second-order valence-electron chi connectivity index (χ2n) is 5.00. The molecule has 21 heavy (non-hydrogen) atoms. The topological polar surface area (TPSA) is 93.5 Å². The van der Waals surface area contributed by atoms with Crippen LogP contribution in [0.15, 0.2) is 6.33 Å². The van der Waals surface area contributed by atoms with E-state index in [4.69, 9.17) is 4.74 Å². The summed E-state index contributed by atoms with van der Waals surface area (Å²) < 4.78 is 31.7. The van der Waals surface area contributed by atoms with Crippen molar-refractivity contribution in [1.82, 2.24) is 19.2 Å². The van der Waals surface area contributed by atoms with Crippen molar-refractivity contribution in [2.45, 2.75) is 12.5 Å². The molecule has 1 aromatic rings. The van der Waals surface area contributed by atoms with E-state index in [1.54, 1.807) is 17.9 Å². The van der Waals surface area contributed by atoms with E-state index in [1.807, 2.05) is 0 Å². The van der Waals surface area contributed by atoms with Gasteiger partial charge in [0, 0.05) is 33.7 Å². The van der Waals surface area contributed by atoms with Crippen molar-refractivity contribution in [3.8, 4) is 0 Å². The van der Waals surface area contributed by atoms with Crippen molar-refractivity contribution in [1.29, 1.82) is 0 Å². The number of hydrogen-bond acceptors (Lipinski definition) is 5. The van der Waals surface area contributed by atoms with Crippen LogP contribution in [0.25, 0.3) is 0 Å². The number of aryl methyl sites for hydroxylation is 1. The summed E-state index contributed by atoms with van der Waals surface area (Å²) in [7, 11) is -0.194. The number of rotatable bonds is 5. The number of fused-ring (bicyclic) bond motifs is 1. The second-order valence-corrected chi connectivity index (χ2v) is 6.93. The van der Waals surface area contributed by atoms with Gasteiger partial charge in [-0.25, -0.2) is 13.4 Å². The van der Waals surface area contributed by atoms with Crippen LogP contribution in [0.4, 0.5) is 0 Å². The van der Waals surface area contributed by atoms with Gasteiger partial charge < -0.3 is 14.6 Å². The first-order valence-electron chi connectivity index (χ1n) is 6.59. The lowest BCUT2D eigenvalue weighted by molar-refractivity contribution is -0.125. The van der Waals surface area contributed by atoms with Crippen molar-refractivity contribution >= 4 is 15.9 Å². The number of nitrogens with zero attached hydrogens (tertiary/aromatic N) is 3. The SMILES string of the molecule is COCCNC(=O)C1c2c(ncn2C)CCN1S(C)(=O)=O. The Labute approximate surface area is 124 Å². The fraction of sp³-hybridized carbons (Fsp3) is 0.667. The summed E-state index contributed by atoms with van der Waals surface area (Å²) in [5.41, 5.74) is 1.39. The van der Waals surface area contributed by atoms with Crippen LogP contribution in [0.2, 0.25) is 0 Å². The van der Waals surface area contributed by atoms with E-state index in [-0.39, 0.29) is 12.5 Å². The third-order valence-corrected chi connectivity index (χ3v) is 4.70. The lowest BCUT2D eigenvalue weighted by Gasteiger charge is -2.33. The zero-order valence-corrected chi connectivity index (χ0v) is 13.2. The smallest absolute Gasteiger partial charge is 0.244 e. The number of nitrogens with one attached hydrogen (secondary N) is 1. The van der Waals surface area contributed by atoms with E-state index in [0.29, 0.717) is 25.3 Å². The first-order valence-corrected chi connectivity index (χ1v) is 8.44. The molecular formula is C12H20N4O4S. The fourth-order valence-electron chi connectivity index (χ4n) is 2.50. The van der Waals surface area contributed by atoms with Crippen LogP contribution in [-0.2, 0) is 33.0 Å². The van der Waals surface area contributed by atoms with E-state index < -0.39 is 16.1 Å². The predicted molar refractivity (Wildman–Crippen MR) is 76.1 cm³/mol. The fourth-order valence-corrected chi connectivity index (χ4v) is 3.50. The van der Waals surface area contributed by atoms with Crippen LogP contribution in [-0.4, -0.2) is 61.2 Å². The van der Waals surface area contributed by atoms with Gasteiger partial charge in [-0.05, 0) is 0 Å². The van der Waals surface area contributed by atoms with Gasteiger partial charge in [0.2, 0.25) is 15.9 Å². The van der Waals surface area contributed by atoms with Crippen LogP contribution < -0.4 is 5.32 Å². The van der Waals surface area contributed by atoms with Gasteiger partial charge in [0.05, 0.1) is 30.6 Å². The number of ether oxygens (including phenoxy) is 1.